The quantitative estimate of drug-likeness (QED) is 0.656. The predicted octanol–water partition coefficient (Wildman–Crippen LogP) is 5.25. The fourth-order valence-corrected chi connectivity index (χ4v) is 3.57. The number of hydrogen-bond acceptors (Lipinski definition) is 2. The van der Waals surface area contributed by atoms with Gasteiger partial charge in [0.1, 0.15) is 18.1 Å². The molecule has 2 aromatic carbocycles. The van der Waals surface area contributed by atoms with Crippen LogP contribution in [0.4, 0.5) is 0 Å². The van der Waals surface area contributed by atoms with Gasteiger partial charge in [-0.2, -0.15) is 0 Å². The molecule has 0 atom stereocenters. The lowest BCUT2D eigenvalue weighted by atomic mass is 9.96. The van der Waals surface area contributed by atoms with Crippen molar-refractivity contribution in [2.75, 3.05) is 0 Å². The number of aromatic carboxylic acids is 1. The van der Waals surface area contributed by atoms with Gasteiger partial charge in [-0.15, -0.1) is 0 Å². The minimum atomic E-state index is -1.05. The molecule has 0 aliphatic carbocycles. The molecule has 1 aromatic heterocycles. The third kappa shape index (κ3) is 2.35. The predicted molar refractivity (Wildman–Crippen MR) is 93.0 cm³/mol. The lowest BCUT2D eigenvalue weighted by Crippen LogP contribution is -2.05. The number of ether oxygens (including phenoxy) is 1. The summed E-state index contributed by atoms with van der Waals surface area (Å²) in [4.78, 5) is 14.8. The molecule has 0 saturated carbocycles. The molecule has 120 valence electrons. The Hall–Kier alpha value is -2.43. The minimum absolute atomic E-state index is 0.0960. The molecular formula is C18H11Cl2NO3. The van der Waals surface area contributed by atoms with E-state index in [1.807, 2.05) is 24.3 Å². The van der Waals surface area contributed by atoms with Gasteiger partial charge in [0, 0.05) is 26.7 Å². The molecule has 1 aliphatic rings. The highest BCUT2D eigenvalue weighted by atomic mass is 35.5. The Morgan fingerprint density at radius 3 is 2.54 bits per heavy atom. The van der Waals surface area contributed by atoms with Gasteiger partial charge in [-0.25, -0.2) is 4.79 Å². The summed E-state index contributed by atoms with van der Waals surface area (Å²) in [7, 11) is 0. The summed E-state index contributed by atoms with van der Waals surface area (Å²) in [6.45, 7) is 0.273. The molecule has 1 aliphatic heterocycles. The minimum Gasteiger partial charge on any atom is -0.488 e. The second-order valence-corrected chi connectivity index (χ2v) is 6.35. The first kappa shape index (κ1) is 15.1. The third-order valence-corrected chi connectivity index (χ3v) is 4.43. The van der Waals surface area contributed by atoms with Gasteiger partial charge in [-0.1, -0.05) is 35.3 Å². The van der Waals surface area contributed by atoms with Gasteiger partial charge in [-0.3, -0.25) is 0 Å². The van der Waals surface area contributed by atoms with E-state index in [0.29, 0.717) is 21.2 Å². The summed E-state index contributed by atoms with van der Waals surface area (Å²) in [5, 5.41) is 10.5. The normalized spacial score (nSPS) is 12.2. The summed E-state index contributed by atoms with van der Waals surface area (Å²) in [6.07, 6.45) is 0. The number of aromatic nitrogens is 1. The second-order valence-electron chi connectivity index (χ2n) is 5.48. The molecule has 2 heterocycles. The van der Waals surface area contributed by atoms with Crippen LogP contribution < -0.4 is 4.74 Å². The standard InChI is InChI=1S/C18H11Cl2NO3/c19-10-5-9(6-11(20)7-10)15-13-8-24-14-4-2-1-3-12(14)16(13)21-17(15)18(22)23/h1-7,21H,8H2,(H,22,23). The van der Waals surface area contributed by atoms with Crippen molar-refractivity contribution in [2.24, 2.45) is 0 Å². The number of nitrogens with one attached hydrogen (secondary N) is 1. The Morgan fingerprint density at radius 1 is 1.12 bits per heavy atom. The Labute approximate surface area is 147 Å². The van der Waals surface area contributed by atoms with E-state index < -0.39 is 5.97 Å². The molecule has 6 heteroatoms. The Kier molecular flexibility index (Phi) is 3.52. The van der Waals surface area contributed by atoms with Crippen molar-refractivity contribution >= 4 is 29.2 Å². The number of fused-ring (bicyclic) bond motifs is 3. The van der Waals surface area contributed by atoms with Crippen LogP contribution in [0.3, 0.4) is 0 Å². The molecule has 0 unspecified atom stereocenters. The van der Waals surface area contributed by atoms with E-state index in [1.54, 1.807) is 18.2 Å². The molecule has 0 bridgehead atoms. The Morgan fingerprint density at radius 2 is 1.83 bits per heavy atom. The van der Waals surface area contributed by atoms with E-state index in [0.717, 1.165) is 22.6 Å². The molecule has 0 spiro atoms. The number of benzene rings is 2. The average molecular weight is 360 g/mol. The number of hydrogen-bond donors (Lipinski definition) is 2. The van der Waals surface area contributed by atoms with Gasteiger partial charge in [-0.05, 0) is 35.9 Å². The van der Waals surface area contributed by atoms with E-state index in [9.17, 15) is 9.90 Å². The fraction of sp³-hybridized carbons (Fsp3) is 0.0556. The van der Waals surface area contributed by atoms with Gasteiger partial charge in [0.05, 0.1) is 5.69 Å². The number of H-pyrrole nitrogens is 1. The monoisotopic (exact) mass is 359 g/mol. The Balaban J connectivity index is 2.02. The topological polar surface area (TPSA) is 62.3 Å². The van der Waals surface area contributed by atoms with Crippen LogP contribution in [0.15, 0.2) is 42.5 Å². The maximum Gasteiger partial charge on any atom is 0.352 e. The average Bonchev–Trinajstić information content (AvgIpc) is 2.94. The van der Waals surface area contributed by atoms with Crippen LogP contribution in [0.1, 0.15) is 16.1 Å². The van der Waals surface area contributed by atoms with Crippen LogP contribution in [0, 0.1) is 0 Å². The van der Waals surface area contributed by atoms with E-state index in [1.165, 1.54) is 0 Å². The first-order chi connectivity index (χ1) is 11.5. The van der Waals surface area contributed by atoms with Gasteiger partial charge >= 0.3 is 5.97 Å². The summed E-state index contributed by atoms with van der Waals surface area (Å²) in [6, 6.07) is 12.5. The number of aromatic amines is 1. The van der Waals surface area contributed by atoms with Crippen LogP contribution in [0.25, 0.3) is 22.4 Å². The Bertz CT molecular complexity index is 958. The number of carboxylic acid groups (broad SMARTS) is 1. The SMILES string of the molecule is O=C(O)c1[nH]c2c(c1-c1cc(Cl)cc(Cl)c1)COc1ccccc1-2. The molecule has 0 radical (unpaired) electrons. The van der Waals surface area contributed by atoms with Crippen molar-refractivity contribution < 1.29 is 14.6 Å². The molecule has 2 N–H and O–H groups in total. The van der Waals surface area contributed by atoms with Crippen molar-refractivity contribution in [3.63, 3.8) is 0 Å². The first-order valence-corrected chi connectivity index (χ1v) is 7.97. The molecule has 4 rings (SSSR count). The van der Waals surface area contributed by atoms with Crippen LogP contribution in [0.5, 0.6) is 5.75 Å². The second kappa shape index (κ2) is 5.58. The smallest absolute Gasteiger partial charge is 0.352 e. The van der Waals surface area contributed by atoms with E-state index in [2.05, 4.69) is 4.98 Å². The number of rotatable bonds is 2. The highest BCUT2D eigenvalue weighted by Crippen LogP contribution is 2.43. The zero-order valence-electron chi connectivity index (χ0n) is 12.3. The zero-order valence-corrected chi connectivity index (χ0v) is 13.8. The van der Waals surface area contributed by atoms with Crippen LogP contribution in [-0.4, -0.2) is 16.1 Å². The number of halogens is 2. The summed E-state index contributed by atoms with van der Waals surface area (Å²) < 4.78 is 5.79. The van der Waals surface area contributed by atoms with E-state index in [-0.39, 0.29) is 12.3 Å². The largest absolute Gasteiger partial charge is 0.488 e. The van der Waals surface area contributed by atoms with Gasteiger partial charge in [0.25, 0.3) is 0 Å². The van der Waals surface area contributed by atoms with Crippen LogP contribution >= 0.6 is 23.2 Å². The zero-order chi connectivity index (χ0) is 16.8. The third-order valence-electron chi connectivity index (χ3n) is 4.00. The first-order valence-electron chi connectivity index (χ1n) is 7.21. The fourth-order valence-electron chi connectivity index (χ4n) is 3.04. The maximum absolute atomic E-state index is 11.8. The number of carboxylic acids is 1. The van der Waals surface area contributed by atoms with Crippen molar-refractivity contribution in [1.82, 2.24) is 4.98 Å². The molecule has 24 heavy (non-hydrogen) atoms. The van der Waals surface area contributed by atoms with Crippen LogP contribution in [-0.2, 0) is 6.61 Å². The highest BCUT2D eigenvalue weighted by molar-refractivity contribution is 6.35. The van der Waals surface area contributed by atoms with Crippen molar-refractivity contribution in [1.29, 1.82) is 0 Å². The maximum atomic E-state index is 11.8. The molecule has 0 saturated heterocycles. The molecule has 3 aromatic rings. The number of carbonyl (C=O) groups is 1. The molecule has 0 fully saturated rings. The lowest BCUT2D eigenvalue weighted by Gasteiger charge is -2.18. The molecule has 4 nitrogen and oxygen atoms in total. The molecule has 0 amide bonds. The van der Waals surface area contributed by atoms with Crippen molar-refractivity contribution in [2.45, 2.75) is 6.61 Å². The summed E-state index contributed by atoms with van der Waals surface area (Å²) in [5.41, 5.74) is 3.66. The highest BCUT2D eigenvalue weighted by Gasteiger charge is 2.28. The van der Waals surface area contributed by atoms with Crippen molar-refractivity contribution in [3.8, 4) is 28.1 Å². The van der Waals surface area contributed by atoms with Crippen molar-refractivity contribution in [3.05, 3.63) is 63.8 Å². The lowest BCUT2D eigenvalue weighted by molar-refractivity contribution is 0.0692. The summed E-state index contributed by atoms with van der Waals surface area (Å²) in [5.74, 6) is -0.327. The van der Waals surface area contributed by atoms with Gasteiger partial charge in [0.15, 0.2) is 0 Å². The van der Waals surface area contributed by atoms with Gasteiger partial charge < -0.3 is 14.8 Å². The molecular weight excluding hydrogens is 349 g/mol. The van der Waals surface area contributed by atoms with E-state index >= 15 is 0 Å². The van der Waals surface area contributed by atoms with E-state index in [4.69, 9.17) is 27.9 Å². The van der Waals surface area contributed by atoms with Gasteiger partial charge in [0.2, 0.25) is 0 Å². The van der Waals surface area contributed by atoms with Crippen LogP contribution in [0.2, 0.25) is 10.0 Å². The summed E-state index contributed by atoms with van der Waals surface area (Å²) >= 11 is 12.2. The number of para-hydroxylation sites is 1.